The first-order valence-electron chi connectivity index (χ1n) is 7.10. The highest BCUT2D eigenvalue weighted by atomic mass is 127. The summed E-state index contributed by atoms with van der Waals surface area (Å²) in [5, 5.41) is 0. The summed E-state index contributed by atoms with van der Waals surface area (Å²) in [6.07, 6.45) is 11.0. The zero-order valence-electron chi connectivity index (χ0n) is 11.1. The lowest BCUT2D eigenvalue weighted by Gasteiger charge is -2.22. The van der Waals surface area contributed by atoms with Crippen molar-refractivity contribution in [3.8, 4) is 11.4 Å². The van der Waals surface area contributed by atoms with E-state index in [4.69, 9.17) is 0 Å². The highest BCUT2D eigenvalue weighted by molar-refractivity contribution is 14.1. The lowest BCUT2D eigenvalue weighted by Crippen LogP contribution is -2.14. The van der Waals surface area contributed by atoms with Crippen molar-refractivity contribution in [1.82, 2.24) is 9.55 Å². The van der Waals surface area contributed by atoms with Crippen molar-refractivity contribution in [2.24, 2.45) is 5.92 Å². The van der Waals surface area contributed by atoms with Gasteiger partial charge in [0.1, 0.15) is 5.82 Å². The van der Waals surface area contributed by atoms with Gasteiger partial charge in [0.25, 0.3) is 0 Å². The molecule has 100 valence electrons. The maximum Gasteiger partial charge on any atom is 0.139 e. The molecule has 0 spiro atoms. The number of rotatable bonds is 3. The lowest BCUT2D eigenvalue weighted by molar-refractivity contribution is 0.320. The van der Waals surface area contributed by atoms with Crippen molar-refractivity contribution in [2.45, 2.75) is 38.6 Å². The van der Waals surface area contributed by atoms with Crippen LogP contribution in [-0.2, 0) is 6.54 Å². The third kappa shape index (κ3) is 3.19. The van der Waals surface area contributed by atoms with Crippen molar-refractivity contribution in [3.63, 3.8) is 0 Å². The van der Waals surface area contributed by atoms with Gasteiger partial charge in [-0.15, -0.1) is 0 Å². The molecule has 0 radical (unpaired) electrons. The third-order valence-electron chi connectivity index (χ3n) is 3.98. The van der Waals surface area contributed by atoms with Gasteiger partial charge in [-0.1, -0.05) is 31.4 Å². The number of imidazole rings is 1. The van der Waals surface area contributed by atoms with Crippen molar-refractivity contribution in [3.05, 3.63) is 40.2 Å². The fourth-order valence-electron chi connectivity index (χ4n) is 2.99. The minimum absolute atomic E-state index is 0.837. The summed E-state index contributed by atoms with van der Waals surface area (Å²) < 4.78 is 3.60. The van der Waals surface area contributed by atoms with Crippen LogP contribution in [0.1, 0.15) is 32.1 Å². The molecule has 0 amide bonds. The monoisotopic (exact) mass is 366 g/mol. The highest BCUT2D eigenvalue weighted by Gasteiger charge is 2.15. The molecule has 19 heavy (non-hydrogen) atoms. The summed E-state index contributed by atoms with van der Waals surface area (Å²) in [7, 11) is 0. The highest BCUT2D eigenvalue weighted by Crippen LogP contribution is 2.27. The smallest absolute Gasteiger partial charge is 0.139 e. The quantitative estimate of drug-likeness (QED) is 0.718. The molecule has 0 bridgehead atoms. The topological polar surface area (TPSA) is 17.8 Å². The van der Waals surface area contributed by atoms with E-state index >= 15 is 0 Å². The van der Waals surface area contributed by atoms with E-state index < -0.39 is 0 Å². The van der Waals surface area contributed by atoms with E-state index in [9.17, 15) is 0 Å². The molecule has 3 rings (SSSR count). The summed E-state index contributed by atoms with van der Waals surface area (Å²) in [5.74, 6) is 1.95. The maximum atomic E-state index is 4.55. The van der Waals surface area contributed by atoms with Gasteiger partial charge in [0, 0.05) is 28.1 Å². The molecule has 0 N–H and O–H groups in total. The van der Waals surface area contributed by atoms with Crippen molar-refractivity contribution >= 4 is 22.6 Å². The van der Waals surface area contributed by atoms with Gasteiger partial charge in [-0.05, 0) is 53.5 Å². The molecule has 3 heteroatoms. The van der Waals surface area contributed by atoms with Crippen molar-refractivity contribution in [1.29, 1.82) is 0 Å². The van der Waals surface area contributed by atoms with Gasteiger partial charge < -0.3 is 4.57 Å². The Morgan fingerprint density at radius 3 is 2.84 bits per heavy atom. The van der Waals surface area contributed by atoms with Gasteiger partial charge in [-0.3, -0.25) is 0 Å². The molecule has 1 heterocycles. The van der Waals surface area contributed by atoms with E-state index in [1.165, 1.54) is 41.2 Å². The third-order valence-corrected chi connectivity index (χ3v) is 4.65. The van der Waals surface area contributed by atoms with Crippen LogP contribution in [0.15, 0.2) is 36.7 Å². The summed E-state index contributed by atoms with van der Waals surface area (Å²) in [4.78, 5) is 4.55. The Morgan fingerprint density at radius 2 is 2.05 bits per heavy atom. The van der Waals surface area contributed by atoms with E-state index in [0.717, 1.165) is 18.3 Å². The predicted molar refractivity (Wildman–Crippen MR) is 87.0 cm³/mol. The summed E-state index contributed by atoms with van der Waals surface area (Å²) in [5.41, 5.74) is 1.23. The predicted octanol–water partition coefficient (Wildman–Crippen LogP) is 4.74. The minimum Gasteiger partial charge on any atom is -0.331 e. The molecule has 0 aliphatic heterocycles. The van der Waals surface area contributed by atoms with Gasteiger partial charge in [-0.2, -0.15) is 0 Å². The van der Waals surface area contributed by atoms with Crippen LogP contribution in [0.5, 0.6) is 0 Å². The molecule has 0 saturated heterocycles. The van der Waals surface area contributed by atoms with E-state index in [1.807, 2.05) is 6.20 Å². The molecule has 1 aliphatic rings. The molecule has 1 fully saturated rings. The lowest BCUT2D eigenvalue weighted by atomic mass is 9.89. The SMILES string of the molecule is Ic1cccc(-c2nccn2CC2CCCCC2)c1. The average molecular weight is 366 g/mol. The van der Waals surface area contributed by atoms with Crippen molar-refractivity contribution < 1.29 is 0 Å². The van der Waals surface area contributed by atoms with Crippen LogP contribution in [0.4, 0.5) is 0 Å². The first-order chi connectivity index (χ1) is 9.33. The van der Waals surface area contributed by atoms with E-state index in [1.54, 1.807) is 0 Å². The van der Waals surface area contributed by atoms with Crippen LogP contribution < -0.4 is 0 Å². The molecule has 2 aromatic rings. The molecule has 1 aromatic heterocycles. The standard InChI is InChI=1S/C16H19IN2/c17-15-8-4-7-14(11-15)16-18-9-10-19(16)12-13-5-2-1-3-6-13/h4,7-11,13H,1-3,5-6,12H2. The summed E-state index contributed by atoms with van der Waals surface area (Å²) in [6, 6.07) is 8.59. The number of benzene rings is 1. The second kappa shape index (κ2) is 6.07. The second-order valence-electron chi connectivity index (χ2n) is 5.42. The maximum absolute atomic E-state index is 4.55. The fraction of sp³-hybridized carbons (Fsp3) is 0.438. The number of hydrogen-bond acceptors (Lipinski definition) is 1. The Kier molecular flexibility index (Phi) is 4.21. The fourth-order valence-corrected chi connectivity index (χ4v) is 3.54. The molecule has 1 aromatic carbocycles. The number of hydrogen-bond donors (Lipinski definition) is 0. The van der Waals surface area contributed by atoms with Crippen LogP contribution in [0.2, 0.25) is 0 Å². The summed E-state index contributed by atoms with van der Waals surface area (Å²) in [6.45, 7) is 1.13. The van der Waals surface area contributed by atoms with E-state index in [0.29, 0.717) is 0 Å². The Bertz CT molecular complexity index is 541. The normalized spacial score (nSPS) is 16.7. The number of aromatic nitrogens is 2. The van der Waals surface area contributed by atoms with Gasteiger partial charge in [-0.25, -0.2) is 4.98 Å². The van der Waals surface area contributed by atoms with Crippen LogP contribution in [0.3, 0.4) is 0 Å². The Morgan fingerprint density at radius 1 is 1.21 bits per heavy atom. The molecular weight excluding hydrogens is 347 g/mol. The van der Waals surface area contributed by atoms with Crippen LogP contribution in [-0.4, -0.2) is 9.55 Å². The largest absolute Gasteiger partial charge is 0.331 e. The number of nitrogens with zero attached hydrogens (tertiary/aromatic N) is 2. The zero-order valence-corrected chi connectivity index (χ0v) is 13.2. The molecule has 1 saturated carbocycles. The molecule has 0 atom stereocenters. The van der Waals surface area contributed by atoms with Gasteiger partial charge in [0.15, 0.2) is 0 Å². The average Bonchev–Trinajstić information content (AvgIpc) is 2.88. The van der Waals surface area contributed by atoms with Gasteiger partial charge in [0.2, 0.25) is 0 Å². The molecule has 0 unspecified atom stereocenters. The van der Waals surface area contributed by atoms with Gasteiger partial charge in [0.05, 0.1) is 0 Å². The van der Waals surface area contributed by atoms with Gasteiger partial charge >= 0.3 is 0 Å². The Hall–Kier alpha value is -0.840. The number of halogens is 1. The zero-order chi connectivity index (χ0) is 13.1. The Labute approximate surface area is 128 Å². The van der Waals surface area contributed by atoms with Crippen LogP contribution >= 0.6 is 22.6 Å². The molecule has 1 aliphatic carbocycles. The van der Waals surface area contributed by atoms with E-state index in [2.05, 4.69) is 62.6 Å². The Balaban J connectivity index is 1.81. The second-order valence-corrected chi connectivity index (χ2v) is 6.66. The van der Waals surface area contributed by atoms with E-state index in [-0.39, 0.29) is 0 Å². The van der Waals surface area contributed by atoms with Crippen molar-refractivity contribution in [2.75, 3.05) is 0 Å². The molecular formula is C16H19IN2. The first kappa shape index (κ1) is 13.2. The summed E-state index contributed by atoms with van der Waals surface area (Å²) >= 11 is 2.36. The first-order valence-corrected chi connectivity index (χ1v) is 8.18. The minimum atomic E-state index is 0.837. The van der Waals surface area contributed by atoms with Crippen LogP contribution in [0.25, 0.3) is 11.4 Å². The van der Waals surface area contributed by atoms with Crippen LogP contribution in [0, 0.1) is 9.49 Å². The molecule has 2 nitrogen and oxygen atoms in total.